The predicted molar refractivity (Wildman–Crippen MR) is 96.5 cm³/mol. The highest BCUT2D eigenvalue weighted by atomic mass is 35.5. The topological polar surface area (TPSA) is 49.4 Å². The smallest absolute Gasteiger partial charge is 0.239 e. The summed E-state index contributed by atoms with van der Waals surface area (Å²) >= 11 is 5.93. The Morgan fingerprint density at radius 3 is 2.75 bits per heavy atom. The zero-order valence-electron chi connectivity index (χ0n) is 13.7. The summed E-state index contributed by atoms with van der Waals surface area (Å²) in [6.07, 6.45) is 0.513. The van der Waals surface area contributed by atoms with Crippen LogP contribution in [0, 0.1) is 19.8 Å². The number of carbonyl (C=O) groups is 2. The molecule has 0 aliphatic carbocycles. The third kappa shape index (κ3) is 3.29. The Labute approximate surface area is 146 Å². The number of rotatable bonds is 3. The van der Waals surface area contributed by atoms with E-state index in [2.05, 4.69) is 5.32 Å². The van der Waals surface area contributed by atoms with E-state index in [0.29, 0.717) is 23.7 Å². The average molecular weight is 343 g/mol. The molecule has 2 aromatic carbocycles. The molecule has 3 rings (SSSR count). The molecule has 4 nitrogen and oxygen atoms in total. The third-order valence-corrected chi connectivity index (χ3v) is 4.50. The van der Waals surface area contributed by atoms with Gasteiger partial charge in [0.1, 0.15) is 5.92 Å². The Bertz CT molecular complexity index is 804. The van der Waals surface area contributed by atoms with E-state index in [1.54, 1.807) is 29.2 Å². The first-order valence-corrected chi connectivity index (χ1v) is 8.28. The Balaban J connectivity index is 1.76. The Hall–Kier alpha value is -2.33. The number of nitrogens with one attached hydrogen (secondary N) is 1. The van der Waals surface area contributed by atoms with Crippen molar-refractivity contribution >= 4 is 34.8 Å². The van der Waals surface area contributed by atoms with E-state index in [4.69, 9.17) is 11.6 Å². The van der Waals surface area contributed by atoms with E-state index in [-0.39, 0.29) is 11.8 Å². The van der Waals surface area contributed by atoms with E-state index >= 15 is 0 Å². The van der Waals surface area contributed by atoms with Gasteiger partial charge in [0, 0.05) is 22.9 Å². The zero-order valence-corrected chi connectivity index (χ0v) is 14.4. The van der Waals surface area contributed by atoms with Crippen LogP contribution < -0.4 is 10.2 Å². The molecule has 1 aliphatic rings. The highest BCUT2D eigenvalue weighted by molar-refractivity contribution is 6.31. The minimum absolute atomic E-state index is 0.150. The van der Waals surface area contributed by atoms with Gasteiger partial charge in [0.25, 0.3) is 0 Å². The fraction of sp³-hybridized carbons (Fsp3) is 0.263. The lowest BCUT2D eigenvalue weighted by Gasteiger charge is -2.19. The molecule has 1 heterocycles. The van der Waals surface area contributed by atoms with Crippen LogP contribution in [0.3, 0.4) is 0 Å². The molecule has 0 saturated carbocycles. The molecule has 2 amide bonds. The molecule has 0 bridgehead atoms. The van der Waals surface area contributed by atoms with Gasteiger partial charge in [-0.25, -0.2) is 0 Å². The van der Waals surface area contributed by atoms with Gasteiger partial charge in [0.2, 0.25) is 11.8 Å². The highest BCUT2D eigenvalue weighted by Crippen LogP contribution is 2.29. The lowest BCUT2D eigenvalue weighted by Crippen LogP contribution is -2.33. The third-order valence-electron chi connectivity index (χ3n) is 4.27. The molecule has 2 aromatic rings. The lowest BCUT2D eigenvalue weighted by molar-refractivity contribution is -0.129. The van der Waals surface area contributed by atoms with Gasteiger partial charge in [-0.1, -0.05) is 29.8 Å². The Morgan fingerprint density at radius 1 is 1.21 bits per heavy atom. The van der Waals surface area contributed by atoms with E-state index in [1.165, 1.54) is 0 Å². The maximum absolute atomic E-state index is 12.7. The summed E-state index contributed by atoms with van der Waals surface area (Å²) in [5.74, 6) is -1.10. The number of amides is 2. The van der Waals surface area contributed by atoms with Crippen molar-refractivity contribution in [1.29, 1.82) is 0 Å². The van der Waals surface area contributed by atoms with Gasteiger partial charge in [-0.3, -0.25) is 9.59 Å². The summed E-state index contributed by atoms with van der Waals surface area (Å²) < 4.78 is 0. The van der Waals surface area contributed by atoms with Gasteiger partial charge >= 0.3 is 0 Å². The van der Waals surface area contributed by atoms with Crippen LogP contribution >= 0.6 is 11.6 Å². The quantitative estimate of drug-likeness (QED) is 0.859. The molecule has 1 aliphatic heterocycles. The van der Waals surface area contributed by atoms with Crippen molar-refractivity contribution in [3.05, 3.63) is 58.6 Å². The zero-order chi connectivity index (χ0) is 17.3. The monoisotopic (exact) mass is 342 g/mol. The Kier molecular flexibility index (Phi) is 4.58. The molecule has 5 heteroatoms. The van der Waals surface area contributed by atoms with Crippen LogP contribution in [0.15, 0.2) is 42.5 Å². The standard InChI is InChI=1S/C19H19ClN2O2/c1-12-6-7-13(2)17(10-12)22-9-8-16(19(22)24)18(23)21-15-5-3-4-14(20)11-15/h3-7,10-11,16H,8-9H2,1-2H3,(H,21,23). The largest absolute Gasteiger partial charge is 0.325 e. The van der Waals surface area contributed by atoms with Crippen LogP contribution in [0.5, 0.6) is 0 Å². The molecule has 124 valence electrons. The van der Waals surface area contributed by atoms with E-state index in [1.807, 2.05) is 32.0 Å². The molecule has 0 aromatic heterocycles. The first-order valence-electron chi connectivity index (χ1n) is 7.91. The molecule has 0 spiro atoms. The first kappa shape index (κ1) is 16.5. The van der Waals surface area contributed by atoms with Crippen molar-refractivity contribution in [2.45, 2.75) is 20.3 Å². The molecule has 24 heavy (non-hydrogen) atoms. The second kappa shape index (κ2) is 6.65. The van der Waals surface area contributed by atoms with Crippen LogP contribution in [0.25, 0.3) is 0 Å². The summed E-state index contributed by atoms with van der Waals surface area (Å²) in [6.45, 7) is 4.52. The van der Waals surface area contributed by atoms with Crippen LogP contribution in [-0.2, 0) is 9.59 Å². The summed E-state index contributed by atoms with van der Waals surface area (Å²) in [5.41, 5.74) is 3.61. The number of halogens is 1. The highest BCUT2D eigenvalue weighted by Gasteiger charge is 2.38. The van der Waals surface area contributed by atoms with Gasteiger partial charge in [0.15, 0.2) is 0 Å². The van der Waals surface area contributed by atoms with Gasteiger partial charge < -0.3 is 10.2 Å². The SMILES string of the molecule is Cc1ccc(C)c(N2CCC(C(=O)Nc3cccc(Cl)c3)C2=O)c1. The van der Waals surface area contributed by atoms with E-state index in [9.17, 15) is 9.59 Å². The fourth-order valence-electron chi connectivity index (χ4n) is 2.97. The number of benzene rings is 2. The number of nitrogens with zero attached hydrogens (tertiary/aromatic N) is 1. The number of carbonyl (C=O) groups excluding carboxylic acids is 2. The molecule has 1 atom stereocenters. The number of aryl methyl sites for hydroxylation is 2. The summed E-state index contributed by atoms with van der Waals surface area (Å²) in [5, 5.41) is 3.33. The normalized spacial score (nSPS) is 17.2. The first-order chi connectivity index (χ1) is 11.5. The Morgan fingerprint density at radius 2 is 2.00 bits per heavy atom. The van der Waals surface area contributed by atoms with Gasteiger partial charge in [0.05, 0.1) is 0 Å². The second-order valence-corrected chi connectivity index (χ2v) is 6.56. The van der Waals surface area contributed by atoms with Crippen molar-refractivity contribution in [1.82, 2.24) is 0 Å². The minimum atomic E-state index is -0.663. The molecule has 0 radical (unpaired) electrons. The molecular weight excluding hydrogens is 324 g/mol. The summed E-state index contributed by atoms with van der Waals surface area (Å²) in [7, 11) is 0. The van der Waals surface area contributed by atoms with Crippen LogP contribution in [0.2, 0.25) is 5.02 Å². The van der Waals surface area contributed by atoms with E-state index in [0.717, 1.165) is 16.8 Å². The molecule has 1 fully saturated rings. The van der Waals surface area contributed by atoms with Crippen molar-refractivity contribution in [2.24, 2.45) is 5.92 Å². The van der Waals surface area contributed by atoms with Crippen molar-refractivity contribution < 1.29 is 9.59 Å². The maximum atomic E-state index is 12.7. The maximum Gasteiger partial charge on any atom is 0.239 e. The van der Waals surface area contributed by atoms with Crippen molar-refractivity contribution in [3.63, 3.8) is 0 Å². The second-order valence-electron chi connectivity index (χ2n) is 6.12. The molecule has 1 unspecified atom stereocenters. The van der Waals surface area contributed by atoms with Gasteiger partial charge in [-0.05, 0) is 55.7 Å². The number of anilines is 2. The van der Waals surface area contributed by atoms with Crippen LogP contribution in [0.1, 0.15) is 17.5 Å². The summed E-state index contributed by atoms with van der Waals surface area (Å²) in [4.78, 5) is 26.9. The molecule has 1 N–H and O–H groups in total. The van der Waals surface area contributed by atoms with Gasteiger partial charge in [-0.15, -0.1) is 0 Å². The fourth-order valence-corrected chi connectivity index (χ4v) is 3.16. The summed E-state index contributed by atoms with van der Waals surface area (Å²) in [6, 6.07) is 12.9. The minimum Gasteiger partial charge on any atom is -0.325 e. The van der Waals surface area contributed by atoms with Crippen LogP contribution in [-0.4, -0.2) is 18.4 Å². The van der Waals surface area contributed by atoms with Crippen LogP contribution in [0.4, 0.5) is 11.4 Å². The molecular formula is C19H19ClN2O2. The predicted octanol–water partition coefficient (Wildman–Crippen LogP) is 3.95. The van der Waals surface area contributed by atoms with Gasteiger partial charge in [-0.2, -0.15) is 0 Å². The molecule has 1 saturated heterocycles. The lowest BCUT2D eigenvalue weighted by atomic mass is 10.1. The average Bonchev–Trinajstić information content (AvgIpc) is 2.91. The van der Waals surface area contributed by atoms with Crippen molar-refractivity contribution in [2.75, 3.05) is 16.8 Å². The number of hydrogen-bond acceptors (Lipinski definition) is 2. The van der Waals surface area contributed by atoms with E-state index < -0.39 is 5.92 Å². The van der Waals surface area contributed by atoms with Crippen molar-refractivity contribution in [3.8, 4) is 0 Å². The number of hydrogen-bond donors (Lipinski definition) is 1.